The average molecular weight is 352 g/mol. The molecule has 2 aromatic heterocycles. The first-order chi connectivity index (χ1) is 12.9. The van der Waals surface area contributed by atoms with Crippen LogP contribution >= 0.6 is 0 Å². The summed E-state index contributed by atoms with van der Waals surface area (Å²) in [7, 11) is 1.77. The molecule has 0 atom stereocenters. The largest absolute Gasteiger partial charge is 0.467 e. The van der Waals surface area contributed by atoms with Crippen LogP contribution in [0.3, 0.4) is 0 Å². The summed E-state index contributed by atoms with van der Waals surface area (Å²) in [5, 5.41) is 7.77. The van der Waals surface area contributed by atoms with E-state index in [1.54, 1.807) is 13.3 Å². The number of aliphatic imine (C=N–C) groups is 1. The van der Waals surface area contributed by atoms with Gasteiger partial charge in [-0.1, -0.05) is 24.3 Å². The molecule has 0 amide bonds. The average Bonchev–Trinajstić information content (AvgIpc) is 3.20. The van der Waals surface area contributed by atoms with Crippen molar-refractivity contribution in [2.45, 2.75) is 19.6 Å². The van der Waals surface area contributed by atoms with E-state index in [0.29, 0.717) is 19.8 Å². The second-order valence-electron chi connectivity index (χ2n) is 5.83. The number of aromatic nitrogens is 1. The number of nitrogens with zero attached hydrogens (tertiary/aromatic N) is 2. The minimum atomic E-state index is 0.508. The Morgan fingerprint density at radius 3 is 2.92 bits per heavy atom. The van der Waals surface area contributed by atoms with E-state index in [1.165, 1.54) is 0 Å². The third kappa shape index (κ3) is 5.07. The van der Waals surface area contributed by atoms with Crippen LogP contribution in [0.25, 0.3) is 10.9 Å². The molecule has 0 aliphatic heterocycles. The zero-order chi connectivity index (χ0) is 18.0. The summed E-state index contributed by atoms with van der Waals surface area (Å²) >= 11 is 0. The van der Waals surface area contributed by atoms with Crippen molar-refractivity contribution in [2.75, 3.05) is 20.2 Å². The molecule has 2 heterocycles. The third-order valence-corrected chi connectivity index (χ3v) is 3.97. The molecular weight excluding hydrogens is 328 g/mol. The molecule has 0 aliphatic carbocycles. The smallest absolute Gasteiger partial charge is 0.191 e. The Morgan fingerprint density at radius 1 is 1.15 bits per heavy atom. The molecule has 1 aromatic carbocycles. The predicted molar refractivity (Wildman–Crippen MR) is 103 cm³/mol. The quantitative estimate of drug-likeness (QED) is 0.370. The molecule has 0 radical (unpaired) electrons. The third-order valence-electron chi connectivity index (χ3n) is 3.97. The molecule has 26 heavy (non-hydrogen) atoms. The van der Waals surface area contributed by atoms with Gasteiger partial charge in [0.1, 0.15) is 12.4 Å². The number of furan rings is 1. The second-order valence-corrected chi connectivity index (χ2v) is 5.83. The number of nitrogens with one attached hydrogen (secondary N) is 2. The number of para-hydroxylation sites is 1. The number of hydrogen-bond acceptors (Lipinski definition) is 4. The van der Waals surface area contributed by atoms with E-state index >= 15 is 0 Å². The summed E-state index contributed by atoms with van der Waals surface area (Å²) in [5.74, 6) is 1.61. The van der Waals surface area contributed by atoms with Crippen molar-refractivity contribution >= 4 is 16.9 Å². The van der Waals surface area contributed by atoms with Crippen LogP contribution in [0.1, 0.15) is 17.7 Å². The molecule has 3 rings (SSSR count). The van der Waals surface area contributed by atoms with Gasteiger partial charge in [-0.3, -0.25) is 9.98 Å². The molecule has 0 bridgehead atoms. The summed E-state index contributed by atoms with van der Waals surface area (Å²) in [4.78, 5) is 8.74. The first kappa shape index (κ1) is 17.9. The minimum Gasteiger partial charge on any atom is -0.467 e. The molecule has 136 valence electrons. The fraction of sp³-hybridized carbons (Fsp3) is 0.300. The van der Waals surface area contributed by atoms with Crippen molar-refractivity contribution in [3.8, 4) is 0 Å². The van der Waals surface area contributed by atoms with Crippen molar-refractivity contribution in [2.24, 2.45) is 4.99 Å². The van der Waals surface area contributed by atoms with E-state index in [4.69, 9.17) is 9.15 Å². The molecule has 6 nitrogen and oxygen atoms in total. The summed E-state index contributed by atoms with van der Waals surface area (Å²) in [6.45, 7) is 2.63. The Kier molecular flexibility index (Phi) is 6.61. The lowest BCUT2D eigenvalue weighted by Gasteiger charge is -2.13. The standard InChI is InChI=1S/C20H24N4O2/c1-21-20(23-11-5-12-25-15-18-9-4-13-26-18)24-14-17-7-2-6-16-8-3-10-22-19(16)17/h2-4,6-10,13H,5,11-12,14-15H2,1H3,(H2,21,23,24). The summed E-state index contributed by atoms with van der Waals surface area (Å²) in [6, 6.07) is 14.0. The van der Waals surface area contributed by atoms with Gasteiger partial charge in [-0.2, -0.15) is 0 Å². The van der Waals surface area contributed by atoms with E-state index in [9.17, 15) is 0 Å². The Bertz CT molecular complexity index is 825. The lowest BCUT2D eigenvalue weighted by atomic mass is 10.1. The van der Waals surface area contributed by atoms with Gasteiger partial charge in [0.25, 0.3) is 0 Å². The van der Waals surface area contributed by atoms with Gasteiger partial charge in [-0.25, -0.2) is 0 Å². The van der Waals surface area contributed by atoms with Crippen LogP contribution in [-0.2, 0) is 17.9 Å². The Labute approximate surface area is 153 Å². The van der Waals surface area contributed by atoms with Crippen LogP contribution in [-0.4, -0.2) is 31.1 Å². The van der Waals surface area contributed by atoms with Gasteiger partial charge >= 0.3 is 0 Å². The van der Waals surface area contributed by atoms with Crippen LogP contribution in [0.4, 0.5) is 0 Å². The van der Waals surface area contributed by atoms with Crippen LogP contribution in [0, 0.1) is 0 Å². The molecule has 0 spiro atoms. The maximum atomic E-state index is 5.57. The number of ether oxygens (including phenoxy) is 1. The normalized spacial score (nSPS) is 11.7. The molecule has 2 N–H and O–H groups in total. The van der Waals surface area contributed by atoms with E-state index in [2.05, 4.69) is 38.8 Å². The highest BCUT2D eigenvalue weighted by Gasteiger charge is 2.03. The first-order valence-corrected chi connectivity index (χ1v) is 8.74. The lowest BCUT2D eigenvalue weighted by Crippen LogP contribution is -2.37. The maximum absolute atomic E-state index is 5.57. The highest BCUT2D eigenvalue weighted by molar-refractivity contribution is 5.83. The van der Waals surface area contributed by atoms with Crippen molar-refractivity contribution in [1.29, 1.82) is 0 Å². The van der Waals surface area contributed by atoms with Crippen LogP contribution in [0.15, 0.2) is 64.3 Å². The number of fused-ring (bicyclic) bond motifs is 1. The fourth-order valence-corrected chi connectivity index (χ4v) is 2.66. The Hall–Kier alpha value is -2.86. The zero-order valence-corrected chi connectivity index (χ0v) is 14.9. The lowest BCUT2D eigenvalue weighted by molar-refractivity contribution is 0.105. The van der Waals surface area contributed by atoms with E-state index in [1.807, 2.05) is 30.5 Å². The van der Waals surface area contributed by atoms with E-state index in [0.717, 1.165) is 41.2 Å². The maximum Gasteiger partial charge on any atom is 0.191 e. The highest BCUT2D eigenvalue weighted by Crippen LogP contribution is 2.15. The van der Waals surface area contributed by atoms with E-state index < -0.39 is 0 Å². The monoisotopic (exact) mass is 352 g/mol. The number of guanidine groups is 1. The van der Waals surface area contributed by atoms with Gasteiger partial charge in [-0.15, -0.1) is 0 Å². The molecule has 6 heteroatoms. The molecule has 0 unspecified atom stereocenters. The SMILES string of the molecule is CN=C(NCCCOCc1ccco1)NCc1cccc2cccnc12. The first-order valence-electron chi connectivity index (χ1n) is 8.74. The van der Waals surface area contributed by atoms with Crippen molar-refractivity contribution < 1.29 is 9.15 Å². The number of pyridine rings is 1. The van der Waals surface area contributed by atoms with Crippen molar-refractivity contribution in [3.05, 3.63) is 66.2 Å². The predicted octanol–water partition coefficient (Wildman–Crippen LogP) is 3.10. The molecule has 0 fully saturated rings. The number of rotatable bonds is 8. The summed E-state index contributed by atoms with van der Waals surface area (Å²) in [5.41, 5.74) is 2.16. The number of benzene rings is 1. The number of hydrogen-bond donors (Lipinski definition) is 2. The Balaban J connectivity index is 1.39. The minimum absolute atomic E-state index is 0.508. The van der Waals surface area contributed by atoms with E-state index in [-0.39, 0.29) is 0 Å². The fourth-order valence-electron chi connectivity index (χ4n) is 2.66. The van der Waals surface area contributed by atoms with Crippen LogP contribution in [0.2, 0.25) is 0 Å². The van der Waals surface area contributed by atoms with Crippen molar-refractivity contribution in [3.63, 3.8) is 0 Å². The molecular formula is C20H24N4O2. The zero-order valence-electron chi connectivity index (χ0n) is 14.9. The van der Waals surface area contributed by atoms with Gasteiger partial charge < -0.3 is 19.8 Å². The molecule has 0 aliphatic rings. The molecule has 0 saturated heterocycles. The van der Waals surface area contributed by atoms with Gasteiger partial charge in [0, 0.05) is 38.3 Å². The van der Waals surface area contributed by atoms with Gasteiger partial charge in [0.15, 0.2) is 5.96 Å². The Morgan fingerprint density at radius 2 is 2.08 bits per heavy atom. The summed E-state index contributed by atoms with van der Waals surface area (Å²) < 4.78 is 10.8. The van der Waals surface area contributed by atoms with Gasteiger partial charge in [0.2, 0.25) is 0 Å². The summed E-state index contributed by atoms with van der Waals surface area (Å²) in [6.07, 6.45) is 4.36. The van der Waals surface area contributed by atoms with Gasteiger partial charge in [-0.05, 0) is 30.2 Å². The molecule has 0 saturated carbocycles. The highest BCUT2D eigenvalue weighted by atomic mass is 16.5. The van der Waals surface area contributed by atoms with Crippen molar-refractivity contribution in [1.82, 2.24) is 15.6 Å². The molecule has 3 aromatic rings. The topological polar surface area (TPSA) is 71.7 Å². The van der Waals surface area contributed by atoms with Crippen LogP contribution in [0.5, 0.6) is 0 Å². The van der Waals surface area contributed by atoms with Gasteiger partial charge in [0.05, 0.1) is 11.8 Å². The second kappa shape index (κ2) is 9.58. The van der Waals surface area contributed by atoms with Crippen LogP contribution < -0.4 is 10.6 Å².